The van der Waals surface area contributed by atoms with E-state index in [1.165, 1.54) is 0 Å². The molecule has 3 unspecified atom stereocenters. The Morgan fingerprint density at radius 2 is 1.80 bits per heavy atom. The number of nitroso groups, excluding NO2 is 1. The molecule has 41 heavy (non-hydrogen) atoms. The van der Waals surface area contributed by atoms with Gasteiger partial charge in [0.1, 0.15) is 18.4 Å². The minimum atomic E-state index is -0.599. The molecule has 3 atom stereocenters. The number of hydrogen-bond acceptors (Lipinski definition) is 10. The Labute approximate surface area is 246 Å². The number of aldehydes is 1. The lowest BCUT2D eigenvalue weighted by molar-refractivity contribution is -0.134. The largest absolute Gasteiger partial charge is 0.465 e. The van der Waals surface area contributed by atoms with Crippen LogP contribution in [0, 0.1) is 16.7 Å². The Hall–Kier alpha value is -2.56. The molecule has 1 saturated heterocycles. The Bertz CT molecular complexity index is 876. The van der Waals surface area contributed by atoms with Gasteiger partial charge >= 0.3 is 0 Å². The molecule has 0 N–H and O–H groups in total. The van der Waals surface area contributed by atoms with E-state index in [4.69, 9.17) is 9.47 Å². The van der Waals surface area contributed by atoms with Crippen LogP contribution in [0.25, 0.3) is 0 Å². The van der Waals surface area contributed by atoms with Gasteiger partial charge in [0.15, 0.2) is 0 Å². The summed E-state index contributed by atoms with van der Waals surface area (Å²) in [6.45, 7) is 13.4. The van der Waals surface area contributed by atoms with Crippen molar-refractivity contribution >= 4 is 25.7 Å². The highest BCUT2D eigenvalue weighted by atomic mass is 16.5. The van der Waals surface area contributed by atoms with Crippen LogP contribution in [0.15, 0.2) is 38.6 Å². The third-order valence-corrected chi connectivity index (χ3v) is 8.28. The van der Waals surface area contributed by atoms with Crippen LogP contribution in [0.2, 0.25) is 0 Å². The van der Waals surface area contributed by atoms with E-state index in [0.29, 0.717) is 25.7 Å². The molecule has 2 aliphatic rings. The number of allylic oxidation sites excluding steroid dienone is 1. The molecular weight excluding hydrogens is 522 g/mol. The number of likely N-dealkylation sites (N-methyl/N-ethyl adjacent to an activating group) is 1. The summed E-state index contributed by atoms with van der Waals surface area (Å²) in [5.41, 5.74) is 1.75. The van der Waals surface area contributed by atoms with Gasteiger partial charge in [-0.25, -0.2) is 0 Å². The molecule has 230 valence electrons. The highest BCUT2D eigenvalue weighted by Gasteiger charge is 2.23. The lowest BCUT2D eigenvalue weighted by Gasteiger charge is -2.31. The zero-order valence-electron chi connectivity index (χ0n) is 25.4. The first-order chi connectivity index (χ1) is 19.9. The van der Waals surface area contributed by atoms with Gasteiger partial charge in [0.05, 0.1) is 19.4 Å². The van der Waals surface area contributed by atoms with Crippen molar-refractivity contribution < 1.29 is 19.1 Å². The van der Waals surface area contributed by atoms with Crippen molar-refractivity contribution in [2.45, 2.75) is 89.9 Å². The maximum Gasteiger partial charge on any atom is 0.293 e. The second-order valence-corrected chi connectivity index (χ2v) is 11.6. The highest BCUT2D eigenvalue weighted by Crippen LogP contribution is 2.31. The highest BCUT2D eigenvalue weighted by molar-refractivity contribution is 5.78. The number of carbonyl (C=O) groups excluding carboxylic acids is 2. The molecule has 0 aromatic heterocycles. The Kier molecular flexibility index (Phi) is 17.2. The van der Waals surface area contributed by atoms with Gasteiger partial charge in [-0.15, -0.1) is 0 Å². The van der Waals surface area contributed by atoms with Crippen molar-refractivity contribution in [3.05, 3.63) is 28.3 Å². The summed E-state index contributed by atoms with van der Waals surface area (Å²) < 4.78 is 11.6. The number of nitrogens with zero attached hydrogens (tertiary/aromatic N) is 5. The maximum absolute atomic E-state index is 11.1. The summed E-state index contributed by atoms with van der Waals surface area (Å²) in [5, 5.41) is 3.05. The monoisotopic (exact) mass is 573 g/mol. The Morgan fingerprint density at radius 1 is 1.07 bits per heavy atom. The van der Waals surface area contributed by atoms with Gasteiger partial charge in [-0.2, -0.15) is 4.91 Å². The van der Waals surface area contributed by atoms with Crippen LogP contribution >= 0.6 is 0 Å². The SMILES string of the molecule is C=N/C=C(\C=N/CN1CCN(C)CC1)COC1CCC(CCC(CCC(C)/C=C(\C)C(CC=O)N=O)OC=O)CC1. The van der Waals surface area contributed by atoms with Gasteiger partial charge in [-0.3, -0.25) is 19.7 Å². The first kappa shape index (κ1) is 34.6. The van der Waals surface area contributed by atoms with Crippen molar-refractivity contribution in [1.82, 2.24) is 9.80 Å². The van der Waals surface area contributed by atoms with Crippen molar-refractivity contribution in [2.75, 3.05) is 46.5 Å². The average Bonchev–Trinajstić information content (AvgIpc) is 2.97. The molecule has 0 amide bonds. The van der Waals surface area contributed by atoms with E-state index in [9.17, 15) is 14.5 Å². The molecule has 2 fully saturated rings. The molecule has 1 aliphatic carbocycles. The van der Waals surface area contributed by atoms with Gasteiger partial charge < -0.3 is 19.2 Å². The molecule has 0 spiro atoms. The second kappa shape index (κ2) is 20.3. The lowest BCUT2D eigenvalue weighted by atomic mass is 9.83. The van der Waals surface area contributed by atoms with E-state index < -0.39 is 6.04 Å². The summed E-state index contributed by atoms with van der Waals surface area (Å²) in [4.78, 5) is 46.0. The number of rotatable bonds is 20. The van der Waals surface area contributed by atoms with Gasteiger partial charge in [0, 0.05) is 50.6 Å². The zero-order chi connectivity index (χ0) is 29.9. The van der Waals surface area contributed by atoms with Crippen molar-refractivity contribution in [1.29, 1.82) is 0 Å². The van der Waals surface area contributed by atoms with Crippen LogP contribution in [0.4, 0.5) is 0 Å². The van der Waals surface area contributed by atoms with Crippen molar-refractivity contribution in [3.8, 4) is 0 Å². The number of carbonyl (C=O) groups is 2. The molecule has 0 radical (unpaired) electrons. The molecular formula is C31H51N5O5. The van der Waals surface area contributed by atoms with E-state index in [0.717, 1.165) is 95.0 Å². The normalized spacial score (nSPS) is 23.6. The molecule has 0 bridgehead atoms. The summed E-state index contributed by atoms with van der Waals surface area (Å²) in [7, 11) is 2.15. The predicted molar refractivity (Wildman–Crippen MR) is 164 cm³/mol. The topological polar surface area (TPSA) is 113 Å². The number of aliphatic imine (C=N–C) groups is 2. The molecule has 1 saturated carbocycles. The maximum atomic E-state index is 11.1. The fourth-order valence-corrected chi connectivity index (χ4v) is 5.57. The standard InChI is InChI=1S/C31H51N5O5/c1-25(19-26(2)31(34-39)13-18-37)5-9-30(41-24-38)12-8-27-6-10-29(11-7-27)40-22-28(20-32-3)21-33-23-36-16-14-35(4)15-17-36/h18-21,24-25,27,29-31H,3,5-17,22-23H2,1-2,4H3/b26-19+,28-20+,33-21-. The zero-order valence-corrected chi connectivity index (χ0v) is 25.4. The number of ether oxygens (including phenoxy) is 2. The fraction of sp³-hybridized carbons (Fsp3) is 0.742. The smallest absolute Gasteiger partial charge is 0.293 e. The molecule has 1 heterocycles. The summed E-state index contributed by atoms with van der Waals surface area (Å²) >= 11 is 0. The van der Waals surface area contributed by atoms with Crippen LogP contribution in [-0.2, 0) is 19.1 Å². The van der Waals surface area contributed by atoms with Crippen LogP contribution in [0.5, 0.6) is 0 Å². The van der Waals surface area contributed by atoms with Gasteiger partial charge in [0.25, 0.3) is 6.47 Å². The minimum Gasteiger partial charge on any atom is -0.465 e. The van der Waals surface area contributed by atoms with E-state index in [-0.39, 0.29) is 24.5 Å². The van der Waals surface area contributed by atoms with E-state index >= 15 is 0 Å². The summed E-state index contributed by atoms with van der Waals surface area (Å²) in [6, 6.07) is -0.599. The first-order valence-electron chi connectivity index (χ1n) is 15.1. The molecule has 2 rings (SSSR count). The predicted octanol–water partition coefficient (Wildman–Crippen LogP) is 4.83. The van der Waals surface area contributed by atoms with Gasteiger partial charge in [-0.1, -0.05) is 18.2 Å². The summed E-state index contributed by atoms with van der Waals surface area (Å²) in [5.74, 6) is 0.799. The number of piperazine rings is 1. The van der Waals surface area contributed by atoms with Crippen molar-refractivity contribution in [3.63, 3.8) is 0 Å². The van der Waals surface area contributed by atoms with Crippen molar-refractivity contribution in [2.24, 2.45) is 27.0 Å². The van der Waals surface area contributed by atoms with E-state index in [1.807, 2.05) is 19.2 Å². The lowest BCUT2D eigenvalue weighted by Crippen LogP contribution is -2.44. The van der Waals surface area contributed by atoms with Gasteiger partial charge in [0.2, 0.25) is 0 Å². The van der Waals surface area contributed by atoms with Crippen LogP contribution < -0.4 is 0 Å². The minimum absolute atomic E-state index is 0.109. The third kappa shape index (κ3) is 14.3. The fourth-order valence-electron chi connectivity index (χ4n) is 5.57. The Balaban J connectivity index is 1.69. The average molecular weight is 574 g/mol. The molecule has 0 aromatic carbocycles. The quantitative estimate of drug-likeness (QED) is 0.0887. The van der Waals surface area contributed by atoms with Crippen LogP contribution in [-0.4, -0.2) is 100 Å². The second-order valence-electron chi connectivity index (χ2n) is 11.6. The molecule has 0 aromatic rings. The van der Waals surface area contributed by atoms with Crippen LogP contribution in [0.3, 0.4) is 0 Å². The molecule has 1 aliphatic heterocycles. The first-order valence-corrected chi connectivity index (χ1v) is 15.1. The molecule has 10 heteroatoms. The van der Waals surface area contributed by atoms with E-state index in [2.05, 4.69) is 45.7 Å². The number of hydrogen-bond donors (Lipinski definition) is 0. The molecule has 10 nitrogen and oxygen atoms in total. The Morgan fingerprint density at radius 3 is 2.44 bits per heavy atom. The van der Waals surface area contributed by atoms with Crippen LogP contribution in [0.1, 0.15) is 71.6 Å². The third-order valence-electron chi connectivity index (χ3n) is 8.28. The van der Waals surface area contributed by atoms with E-state index in [1.54, 1.807) is 6.20 Å². The van der Waals surface area contributed by atoms with Gasteiger partial charge in [-0.05, 0) is 89.5 Å². The summed E-state index contributed by atoms with van der Waals surface area (Å²) in [6.07, 6.45) is 14.2.